The number of hydrogen-bond donors (Lipinski definition) is 2. The van der Waals surface area contributed by atoms with Gasteiger partial charge in [-0.25, -0.2) is 0 Å². The van der Waals surface area contributed by atoms with Crippen LogP contribution in [-0.2, 0) is 42.5 Å². The fraction of sp³-hybridized carbons (Fsp3) is 0.818. The Morgan fingerprint density at radius 1 is 0.640 bits per heavy atom. The third-order valence-corrected chi connectivity index (χ3v) is 12.8. The van der Waals surface area contributed by atoms with Gasteiger partial charge in [-0.2, -0.15) is 0 Å². The first kappa shape index (κ1) is 46.3. The molecule has 290 valence electrons. The zero-order valence-corrected chi connectivity index (χ0v) is 34.8. The number of esters is 1. The molecule has 0 fully saturated rings. The molecule has 0 aliphatic heterocycles. The minimum absolute atomic E-state index is 0.0348. The van der Waals surface area contributed by atoms with Crippen molar-refractivity contribution in [3.63, 3.8) is 0 Å². The number of carbonyl (C=O) groups excluding carboxylic acids is 1. The molecule has 0 spiro atoms. The summed E-state index contributed by atoms with van der Waals surface area (Å²) in [6, 6.07) is 4.33. The van der Waals surface area contributed by atoms with E-state index >= 15 is 0 Å². The zero-order chi connectivity index (χ0) is 37.4. The maximum Gasteiger partial charge on any atom is 0.317 e. The van der Waals surface area contributed by atoms with E-state index in [1.807, 2.05) is 0 Å². The Morgan fingerprint density at radius 3 is 1.34 bits per heavy atom. The van der Waals surface area contributed by atoms with E-state index in [2.05, 4.69) is 67.5 Å². The van der Waals surface area contributed by atoms with E-state index in [9.17, 15) is 19.8 Å². The zero-order valence-electron chi connectivity index (χ0n) is 33.9. The number of carboxylic acids is 1. The first-order valence-corrected chi connectivity index (χ1v) is 22.2. The monoisotopic (exact) mass is 720 g/mol. The molecule has 0 saturated carbocycles. The third-order valence-electron chi connectivity index (χ3n) is 9.97. The van der Waals surface area contributed by atoms with Crippen LogP contribution < -0.4 is 0 Å². The Balaban J connectivity index is 3.13. The largest absolute Gasteiger partial charge is 0.507 e. The highest BCUT2D eigenvalue weighted by Crippen LogP contribution is 2.40. The topological polar surface area (TPSA) is 83.8 Å². The summed E-state index contributed by atoms with van der Waals surface area (Å²) in [4.78, 5) is 23.8. The Morgan fingerprint density at radius 2 is 1.00 bits per heavy atom. The van der Waals surface area contributed by atoms with Gasteiger partial charge in [0.2, 0.25) is 0 Å². The molecule has 2 N–H and O–H groups in total. The number of carboxylic acid groups (broad SMARTS) is 1. The molecule has 0 aliphatic rings. The van der Waals surface area contributed by atoms with Crippen molar-refractivity contribution in [3.8, 4) is 5.75 Å². The van der Waals surface area contributed by atoms with Crippen LogP contribution in [0.15, 0.2) is 12.1 Å². The van der Waals surface area contributed by atoms with Gasteiger partial charge in [-0.3, -0.25) is 9.59 Å². The smallest absolute Gasteiger partial charge is 0.317 e. The summed E-state index contributed by atoms with van der Waals surface area (Å²) in [5.74, 6) is 0.842. The molecule has 0 amide bonds. The van der Waals surface area contributed by atoms with Gasteiger partial charge >= 0.3 is 11.9 Å². The highest BCUT2D eigenvalue weighted by molar-refractivity contribution is 7.97. The summed E-state index contributed by atoms with van der Waals surface area (Å²) in [6.45, 7) is 17.7. The molecule has 1 aromatic carbocycles. The number of hydrogen-bond acceptors (Lipinski definition) is 4. The number of aromatic hydroxyl groups is 1. The van der Waals surface area contributed by atoms with Crippen LogP contribution in [0.1, 0.15) is 207 Å². The summed E-state index contributed by atoms with van der Waals surface area (Å²) < 4.78 is 5.72. The van der Waals surface area contributed by atoms with Gasteiger partial charge in [0, 0.05) is 6.42 Å². The van der Waals surface area contributed by atoms with Crippen LogP contribution in [0.25, 0.3) is 0 Å². The molecule has 0 radical (unpaired) electrons. The minimum Gasteiger partial charge on any atom is -0.507 e. The molecular formula is C44H79O5S+. The first-order valence-electron chi connectivity index (χ1n) is 20.6. The van der Waals surface area contributed by atoms with Gasteiger partial charge in [0.25, 0.3) is 0 Å². The summed E-state index contributed by atoms with van der Waals surface area (Å²) >= 11 is 0. The number of benzene rings is 1. The van der Waals surface area contributed by atoms with E-state index in [0.717, 1.165) is 29.1 Å². The third kappa shape index (κ3) is 21.0. The van der Waals surface area contributed by atoms with Gasteiger partial charge in [0.15, 0.2) is 5.25 Å². The van der Waals surface area contributed by atoms with Gasteiger partial charge in [0.05, 0.1) is 0 Å². The number of phenolic OH excluding ortho intramolecular Hbond substituents is 1. The van der Waals surface area contributed by atoms with E-state index in [1.165, 1.54) is 134 Å². The van der Waals surface area contributed by atoms with Crippen molar-refractivity contribution in [2.75, 3.05) is 18.1 Å². The van der Waals surface area contributed by atoms with Crippen molar-refractivity contribution >= 4 is 22.8 Å². The molecule has 50 heavy (non-hydrogen) atoms. The van der Waals surface area contributed by atoms with Crippen LogP contribution in [0.2, 0.25) is 0 Å². The molecule has 0 heterocycles. The average Bonchev–Trinajstić information content (AvgIpc) is 3.03. The Kier molecular flexibility index (Phi) is 24.2. The normalized spacial score (nSPS) is 12.8. The predicted molar refractivity (Wildman–Crippen MR) is 217 cm³/mol. The molecule has 0 aromatic heterocycles. The van der Waals surface area contributed by atoms with Crippen LogP contribution >= 0.6 is 0 Å². The van der Waals surface area contributed by atoms with E-state index in [0.29, 0.717) is 5.75 Å². The molecule has 1 unspecified atom stereocenters. The predicted octanol–water partition coefficient (Wildman–Crippen LogP) is 12.4. The van der Waals surface area contributed by atoms with E-state index in [4.69, 9.17) is 4.74 Å². The lowest BCUT2D eigenvalue weighted by Gasteiger charge is -2.29. The van der Waals surface area contributed by atoms with Crippen molar-refractivity contribution in [1.82, 2.24) is 0 Å². The Bertz CT molecular complexity index is 994. The second-order valence-electron chi connectivity index (χ2n) is 16.9. The summed E-state index contributed by atoms with van der Waals surface area (Å²) in [7, 11) is 0.0348. The lowest BCUT2D eigenvalue weighted by molar-refractivity contribution is -0.151. The number of phenols is 1. The molecule has 1 rings (SSSR count). The van der Waals surface area contributed by atoms with Crippen molar-refractivity contribution in [2.45, 2.75) is 213 Å². The van der Waals surface area contributed by atoms with Crippen molar-refractivity contribution in [2.24, 2.45) is 0 Å². The SMILES string of the molecule is CCCCCCCCCCCC[S+](CCCCCCCCCCCC)C(COC(=O)CC(=O)O)Cc1cc(C(C)(C)C)c(O)c(C(C)(C)C)c1. The van der Waals surface area contributed by atoms with Crippen molar-refractivity contribution in [3.05, 3.63) is 28.8 Å². The lowest BCUT2D eigenvalue weighted by atomic mass is 9.78. The van der Waals surface area contributed by atoms with Crippen molar-refractivity contribution < 1.29 is 24.5 Å². The summed E-state index contributed by atoms with van der Waals surface area (Å²) in [6.07, 6.45) is 26.3. The van der Waals surface area contributed by atoms with E-state index in [1.54, 1.807) is 0 Å². The van der Waals surface area contributed by atoms with Crippen LogP contribution in [0.4, 0.5) is 0 Å². The number of carbonyl (C=O) groups is 2. The maximum absolute atomic E-state index is 12.5. The molecular weight excluding hydrogens is 641 g/mol. The van der Waals surface area contributed by atoms with Gasteiger partial charge in [-0.15, -0.1) is 0 Å². The molecule has 1 aromatic rings. The summed E-state index contributed by atoms with van der Waals surface area (Å²) in [5.41, 5.74) is 2.62. The number of aliphatic carboxylic acids is 1. The quantitative estimate of drug-likeness (QED) is 0.0373. The van der Waals surface area contributed by atoms with Crippen LogP contribution in [0, 0.1) is 0 Å². The second-order valence-corrected chi connectivity index (χ2v) is 19.5. The number of unbranched alkanes of at least 4 members (excludes halogenated alkanes) is 18. The number of rotatable bonds is 29. The van der Waals surface area contributed by atoms with Gasteiger partial charge in [0.1, 0.15) is 30.3 Å². The highest BCUT2D eigenvalue weighted by Gasteiger charge is 2.34. The van der Waals surface area contributed by atoms with Crippen LogP contribution in [0.5, 0.6) is 5.75 Å². The molecule has 0 saturated heterocycles. The molecule has 0 bridgehead atoms. The van der Waals surface area contributed by atoms with E-state index in [-0.39, 0.29) is 33.6 Å². The fourth-order valence-corrected chi connectivity index (χ4v) is 9.55. The average molecular weight is 720 g/mol. The van der Waals surface area contributed by atoms with Crippen molar-refractivity contribution in [1.29, 1.82) is 0 Å². The standard InChI is InChI=1S/C44H78O5S/c1-9-11-13-15-17-19-21-23-25-27-29-50(30-28-26-24-22-20-18-16-14-12-10-2)37(35-49-41(47)34-40(45)46)31-36-32-38(43(3,4)5)42(48)39(33-36)44(6,7)8/h32-33,37H,9-31,34-35H2,1-8H3,(H-,45,46,48)/p+1. The van der Waals surface area contributed by atoms with Crippen LogP contribution in [0.3, 0.4) is 0 Å². The lowest BCUT2D eigenvalue weighted by Crippen LogP contribution is -2.35. The van der Waals surface area contributed by atoms with Gasteiger partial charge in [-0.1, -0.05) is 170 Å². The fourth-order valence-electron chi connectivity index (χ4n) is 6.84. The minimum atomic E-state index is -1.15. The van der Waals surface area contributed by atoms with Gasteiger partial charge < -0.3 is 14.9 Å². The van der Waals surface area contributed by atoms with Gasteiger partial charge in [-0.05, 0) is 64.1 Å². The molecule has 5 nitrogen and oxygen atoms in total. The molecule has 6 heteroatoms. The Labute approximate surface area is 311 Å². The second kappa shape index (κ2) is 26.1. The number of ether oxygens (including phenoxy) is 1. The van der Waals surface area contributed by atoms with Crippen LogP contribution in [-0.4, -0.2) is 45.5 Å². The Hall–Kier alpha value is -1.69. The first-order chi connectivity index (χ1) is 23.7. The maximum atomic E-state index is 12.5. The van der Waals surface area contributed by atoms with E-state index < -0.39 is 18.4 Å². The molecule has 0 aliphatic carbocycles. The highest BCUT2D eigenvalue weighted by atomic mass is 32.2. The summed E-state index contributed by atoms with van der Waals surface area (Å²) in [5, 5.41) is 20.7. The molecule has 1 atom stereocenters.